The van der Waals surface area contributed by atoms with Gasteiger partial charge in [0, 0.05) is 17.6 Å². The average molecular weight is 288 g/mol. The van der Waals surface area contributed by atoms with E-state index in [1.165, 1.54) is 5.56 Å². The van der Waals surface area contributed by atoms with Crippen LogP contribution in [0.15, 0.2) is 24.4 Å². The van der Waals surface area contributed by atoms with Crippen molar-refractivity contribution in [3.05, 3.63) is 41.2 Å². The van der Waals surface area contributed by atoms with Crippen molar-refractivity contribution in [3.8, 4) is 5.75 Å². The van der Waals surface area contributed by atoms with Gasteiger partial charge in [-0.05, 0) is 33.8 Å². The van der Waals surface area contributed by atoms with Crippen molar-refractivity contribution in [2.75, 3.05) is 7.11 Å². The molecule has 1 N–H and O–H groups in total. The van der Waals surface area contributed by atoms with Crippen LogP contribution in [0.25, 0.3) is 0 Å². The van der Waals surface area contributed by atoms with Crippen LogP contribution < -0.4 is 10.1 Å². The minimum atomic E-state index is 0.0730. The van der Waals surface area contributed by atoms with Gasteiger partial charge >= 0.3 is 0 Å². The van der Waals surface area contributed by atoms with Gasteiger partial charge in [-0.3, -0.25) is 0 Å². The van der Waals surface area contributed by atoms with Crippen LogP contribution in [0.1, 0.15) is 37.6 Å². The van der Waals surface area contributed by atoms with Gasteiger partial charge in [-0.2, -0.15) is 0 Å². The molecule has 1 heterocycles. The molecule has 0 spiro atoms. The summed E-state index contributed by atoms with van der Waals surface area (Å²) in [5, 5.41) is 11.8. The zero-order valence-electron chi connectivity index (χ0n) is 13.5. The first-order valence-electron chi connectivity index (χ1n) is 7.15. The summed E-state index contributed by atoms with van der Waals surface area (Å²) in [6, 6.07) is 6.15. The monoisotopic (exact) mass is 288 g/mol. The molecule has 0 atom stereocenters. The maximum Gasteiger partial charge on any atom is 0.123 e. The summed E-state index contributed by atoms with van der Waals surface area (Å²) in [6.45, 7) is 9.85. The molecule has 0 aliphatic rings. The predicted octanol–water partition coefficient (Wildman–Crippen LogP) is 2.53. The largest absolute Gasteiger partial charge is 0.496 e. The van der Waals surface area contributed by atoms with Gasteiger partial charge < -0.3 is 10.1 Å². The molecule has 0 aliphatic heterocycles. The SMILES string of the molecule is COc1ccc(C)cc1Cn1cc(CNC(C)(C)C)nn1. The number of benzene rings is 1. The van der Waals surface area contributed by atoms with E-state index in [-0.39, 0.29) is 5.54 Å². The lowest BCUT2D eigenvalue weighted by molar-refractivity contribution is 0.407. The number of methoxy groups -OCH3 is 1. The predicted molar refractivity (Wildman–Crippen MR) is 83.4 cm³/mol. The van der Waals surface area contributed by atoms with E-state index in [1.807, 2.05) is 23.0 Å². The van der Waals surface area contributed by atoms with Gasteiger partial charge in [0.2, 0.25) is 0 Å². The highest BCUT2D eigenvalue weighted by Gasteiger charge is 2.11. The molecule has 0 bridgehead atoms. The molecule has 114 valence electrons. The number of aryl methyl sites for hydroxylation is 1. The Morgan fingerprint density at radius 1 is 1.29 bits per heavy atom. The molecule has 0 radical (unpaired) electrons. The molecule has 0 amide bonds. The summed E-state index contributed by atoms with van der Waals surface area (Å²) in [4.78, 5) is 0. The lowest BCUT2D eigenvalue weighted by Gasteiger charge is -2.19. The molecule has 2 rings (SSSR count). The molecule has 5 heteroatoms. The second-order valence-corrected chi connectivity index (χ2v) is 6.33. The van der Waals surface area contributed by atoms with Gasteiger partial charge in [-0.25, -0.2) is 4.68 Å². The fourth-order valence-corrected chi connectivity index (χ4v) is 2.06. The molecular weight excluding hydrogens is 264 g/mol. The lowest BCUT2D eigenvalue weighted by atomic mass is 10.1. The summed E-state index contributed by atoms with van der Waals surface area (Å²) in [5.74, 6) is 0.880. The molecule has 5 nitrogen and oxygen atoms in total. The van der Waals surface area contributed by atoms with Crippen LogP contribution in [0.2, 0.25) is 0 Å². The Labute approximate surface area is 126 Å². The topological polar surface area (TPSA) is 52.0 Å². The fourth-order valence-electron chi connectivity index (χ4n) is 2.06. The Balaban J connectivity index is 2.07. The van der Waals surface area contributed by atoms with Crippen LogP contribution in [0.3, 0.4) is 0 Å². The second-order valence-electron chi connectivity index (χ2n) is 6.33. The van der Waals surface area contributed by atoms with E-state index in [2.05, 4.69) is 49.4 Å². The quantitative estimate of drug-likeness (QED) is 0.918. The van der Waals surface area contributed by atoms with E-state index in [0.29, 0.717) is 13.1 Å². The third-order valence-corrected chi connectivity index (χ3v) is 3.15. The second kappa shape index (κ2) is 6.26. The van der Waals surface area contributed by atoms with Crippen molar-refractivity contribution >= 4 is 0 Å². The van der Waals surface area contributed by atoms with Crippen molar-refractivity contribution in [2.45, 2.75) is 46.3 Å². The number of ether oxygens (including phenoxy) is 1. The van der Waals surface area contributed by atoms with E-state index in [1.54, 1.807) is 7.11 Å². The molecule has 2 aromatic rings. The molecule has 0 aliphatic carbocycles. The number of hydrogen-bond acceptors (Lipinski definition) is 4. The molecule has 0 fully saturated rings. The Hall–Kier alpha value is -1.88. The van der Waals surface area contributed by atoms with Gasteiger partial charge in [-0.1, -0.05) is 22.9 Å². The van der Waals surface area contributed by atoms with E-state index in [4.69, 9.17) is 4.74 Å². The summed E-state index contributed by atoms with van der Waals surface area (Å²) < 4.78 is 7.24. The number of nitrogens with zero attached hydrogens (tertiary/aromatic N) is 3. The number of aromatic nitrogens is 3. The van der Waals surface area contributed by atoms with Crippen molar-refractivity contribution in [1.82, 2.24) is 20.3 Å². The first-order chi connectivity index (χ1) is 9.87. The van der Waals surface area contributed by atoms with Gasteiger partial charge in [0.25, 0.3) is 0 Å². The van der Waals surface area contributed by atoms with Crippen molar-refractivity contribution in [1.29, 1.82) is 0 Å². The highest BCUT2D eigenvalue weighted by atomic mass is 16.5. The van der Waals surface area contributed by atoms with Crippen LogP contribution in [0, 0.1) is 6.92 Å². The highest BCUT2D eigenvalue weighted by Crippen LogP contribution is 2.20. The number of rotatable bonds is 5. The minimum Gasteiger partial charge on any atom is -0.496 e. The molecule has 0 saturated carbocycles. The van der Waals surface area contributed by atoms with Crippen LogP contribution in [-0.4, -0.2) is 27.6 Å². The molecule has 1 aromatic heterocycles. The Kier molecular flexibility index (Phi) is 4.63. The molecule has 0 unspecified atom stereocenters. The third-order valence-electron chi connectivity index (χ3n) is 3.15. The molecular formula is C16H24N4O. The molecule has 1 aromatic carbocycles. The number of nitrogens with one attached hydrogen (secondary N) is 1. The van der Waals surface area contributed by atoms with Gasteiger partial charge in [0.05, 0.1) is 25.5 Å². The van der Waals surface area contributed by atoms with Gasteiger partial charge in [0.15, 0.2) is 0 Å². The van der Waals surface area contributed by atoms with E-state index >= 15 is 0 Å². The number of hydrogen-bond donors (Lipinski definition) is 1. The normalized spacial score (nSPS) is 11.7. The van der Waals surface area contributed by atoms with Gasteiger partial charge in [-0.15, -0.1) is 5.10 Å². The summed E-state index contributed by atoms with van der Waals surface area (Å²) in [7, 11) is 1.69. The zero-order chi connectivity index (χ0) is 15.5. The van der Waals surface area contributed by atoms with E-state index in [9.17, 15) is 0 Å². The van der Waals surface area contributed by atoms with Crippen LogP contribution >= 0.6 is 0 Å². The van der Waals surface area contributed by atoms with Crippen LogP contribution in [0.5, 0.6) is 5.75 Å². The van der Waals surface area contributed by atoms with Crippen molar-refractivity contribution in [2.24, 2.45) is 0 Å². The summed E-state index contributed by atoms with van der Waals surface area (Å²) >= 11 is 0. The molecule has 21 heavy (non-hydrogen) atoms. The summed E-state index contributed by atoms with van der Waals surface area (Å²) in [6.07, 6.45) is 1.97. The first kappa shape index (κ1) is 15.5. The van der Waals surface area contributed by atoms with Crippen LogP contribution in [-0.2, 0) is 13.1 Å². The fraction of sp³-hybridized carbons (Fsp3) is 0.500. The Bertz CT molecular complexity index is 599. The minimum absolute atomic E-state index is 0.0730. The van der Waals surface area contributed by atoms with Crippen LogP contribution in [0.4, 0.5) is 0 Å². The van der Waals surface area contributed by atoms with E-state index in [0.717, 1.165) is 17.0 Å². The average Bonchev–Trinajstić information content (AvgIpc) is 2.84. The lowest BCUT2D eigenvalue weighted by Crippen LogP contribution is -2.35. The highest BCUT2D eigenvalue weighted by molar-refractivity contribution is 5.36. The van der Waals surface area contributed by atoms with Crippen molar-refractivity contribution in [3.63, 3.8) is 0 Å². The van der Waals surface area contributed by atoms with E-state index < -0.39 is 0 Å². The molecule has 0 saturated heterocycles. The smallest absolute Gasteiger partial charge is 0.123 e. The maximum absolute atomic E-state index is 5.40. The van der Waals surface area contributed by atoms with Gasteiger partial charge in [0.1, 0.15) is 5.75 Å². The third kappa shape index (κ3) is 4.56. The maximum atomic E-state index is 5.40. The zero-order valence-corrected chi connectivity index (χ0v) is 13.5. The Morgan fingerprint density at radius 3 is 2.71 bits per heavy atom. The summed E-state index contributed by atoms with van der Waals surface area (Å²) in [5.41, 5.74) is 3.33. The standard InChI is InChI=1S/C16H24N4O/c1-12-6-7-15(21-5)13(8-12)10-20-11-14(18-19-20)9-17-16(2,3)4/h6-8,11,17H,9-10H2,1-5H3. The Morgan fingerprint density at radius 2 is 2.05 bits per heavy atom. The first-order valence-corrected chi connectivity index (χ1v) is 7.15. The van der Waals surface area contributed by atoms with Crippen molar-refractivity contribution < 1.29 is 4.74 Å².